The molecule has 4 heavy (non-hydrogen) atoms. The van der Waals surface area contributed by atoms with Crippen LogP contribution < -0.4 is 0 Å². The molecule has 0 rings (SSSR count). The van der Waals surface area contributed by atoms with Gasteiger partial charge in [-0.05, 0) is 0 Å². The third-order valence-corrected chi connectivity index (χ3v) is 1.61. The molecule has 0 N–H and O–H groups in total. The van der Waals surface area contributed by atoms with E-state index in [0.29, 0.717) is 0 Å². The van der Waals surface area contributed by atoms with E-state index in [1.165, 1.54) is 0 Å². The fourth-order valence-electron chi connectivity index (χ4n) is 0. The predicted molar refractivity (Wildman–Crippen MR) is 10.6 cm³/mol. The average molecular weight is 291 g/mol. The molecular weight excluding hydrogens is 289 g/mol. The Morgan fingerprint density at radius 2 is 1.25 bits per heavy atom. The Hall–Kier alpha value is 2.70. The summed E-state index contributed by atoms with van der Waals surface area (Å²) in [5, 5.41) is 0. The van der Waals surface area contributed by atoms with E-state index in [2.05, 4.69) is 0.777 Å². The second kappa shape index (κ2) is 5.70. The van der Waals surface area contributed by atoms with Gasteiger partial charge in [0.1, 0.15) is 0 Å². The summed E-state index contributed by atoms with van der Waals surface area (Å²) >= 11 is 3.97. The minimum absolute atomic E-state index is 1.98. The fraction of sp³-hybridized carbons (Fsp3) is 0. The van der Waals surface area contributed by atoms with Crippen LogP contribution in [0.1, 0.15) is 0 Å². The van der Waals surface area contributed by atoms with E-state index >= 15 is 0 Å². The molecule has 0 aromatic heterocycles. The Kier molecular flexibility index (Phi) is 9.56. The molecule has 0 aliphatic rings. The Bertz CT molecular complexity index is 40.8. The van der Waals surface area contributed by atoms with Crippen LogP contribution in [0.25, 0.3) is 0 Å². The predicted octanol–water partition coefficient (Wildman–Crippen LogP) is -0.532. The molecule has 0 aromatic carbocycles. The van der Waals surface area contributed by atoms with Gasteiger partial charge in [0.2, 0.25) is 0 Å². The van der Waals surface area contributed by atoms with Gasteiger partial charge in [0.25, 0.3) is 0 Å². The zero-order chi connectivity index (χ0) is 3.41. The van der Waals surface area contributed by atoms with Crippen LogP contribution in [0.2, 0.25) is 0 Å². The Labute approximate surface area is 90.5 Å². The molecule has 0 aliphatic carbocycles. The van der Waals surface area contributed by atoms with Crippen molar-refractivity contribution in [1.29, 1.82) is 0 Å². The summed E-state index contributed by atoms with van der Waals surface area (Å²) in [5.74, 6) is 0. The van der Waals surface area contributed by atoms with Gasteiger partial charge in [-0.15, -0.1) is 0 Å². The molecule has 0 bridgehead atoms. The zero-order valence-electron chi connectivity index (χ0n) is 1.76. The molecule has 0 spiro atoms. The number of hydrogen-bond acceptors (Lipinski definition) is 0. The number of hydrogen-bond donors (Lipinski definition) is 0. The van der Waals surface area contributed by atoms with Crippen molar-refractivity contribution in [2.45, 2.75) is 0 Å². The maximum atomic E-state index is 2.64. The van der Waals surface area contributed by atoms with Gasteiger partial charge < -0.3 is 0 Å². The van der Waals surface area contributed by atoms with Crippen LogP contribution in [-0.4, -0.2) is 0 Å². The van der Waals surface area contributed by atoms with Crippen molar-refractivity contribution in [3.63, 3.8) is 0 Å². The average Bonchev–Trinajstić information content (AvgIpc) is 1.37. The first-order valence-corrected chi connectivity index (χ1v) is 2.79. The summed E-state index contributed by atoms with van der Waals surface area (Å²) in [4.78, 5) is 0. The molecule has 0 atom stereocenters. The molecule has 0 heterocycles. The molecule has 2 heteroatoms. The normalized spacial score (nSPS) is 4.00. The van der Waals surface area contributed by atoms with Gasteiger partial charge in [-0.25, -0.2) is 0 Å². The van der Waals surface area contributed by atoms with Crippen LogP contribution in [0.4, 0.5) is 0 Å². The first kappa shape index (κ1) is 6.70. The molecule has 0 fully saturated rings. The molecule has 0 saturated carbocycles. The van der Waals surface area contributed by atoms with Gasteiger partial charge in [-0.1, -0.05) is 0 Å². The Morgan fingerprint density at radius 3 is 1.25 bits per heavy atom. The van der Waals surface area contributed by atoms with Crippen LogP contribution in [0.3, 0.4) is 0 Å². The third kappa shape index (κ3) is 4.70. The van der Waals surface area contributed by atoms with E-state index < -0.39 is 0 Å². The van der Waals surface area contributed by atoms with Crippen molar-refractivity contribution in [2.24, 2.45) is 0 Å². The quantitative estimate of drug-likeness (QED) is 0.416. The van der Waals surface area contributed by atoms with Crippen molar-refractivity contribution >= 4 is 0 Å². The fourth-order valence-corrected chi connectivity index (χ4v) is 0. The molecule has 0 nitrogen and oxygen atoms in total. The van der Waals surface area contributed by atoms with Gasteiger partial charge in [-0.3, -0.25) is 0 Å². The second-order valence-corrected chi connectivity index (χ2v) is 1.27. The van der Waals surface area contributed by atoms with E-state index in [9.17, 15) is 0 Å². The van der Waals surface area contributed by atoms with Crippen LogP contribution in [0.5, 0.6) is 0 Å². The van der Waals surface area contributed by atoms with Gasteiger partial charge in [-0.2, -0.15) is 0 Å². The van der Waals surface area contributed by atoms with E-state index in [0.717, 1.165) is 0 Å². The molecule has 0 aliphatic heterocycles. The summed E-state index contributed by atoms with van der Waals surface area (Å²) in [5.41, 5.74) is 0. The Morgan fingerprint density at radius 1 is 1.00 bits per heavy atom. The molecule has 0 saturated heterocycles. The first-order chi connectivity index (χ1) is 1.91. The first-order valence-electron chi connectivity index (χ1n) is 0.628. The van der Waals surface area contributed by atoms with Gasteiger partial charge in [0.05, 0.1) is 0 Å². The summed E-state index contributed by atoms with van der Waals surface area (Å²) < 4.78 is 5.27. The molecular formula is C2H2Xe2. The molecule has 0 amide bonds. The zero-order valence-corrected chi connectivity index (χ0v) is 6.07. The third-order valence-electron chi connectivity index (χ3n) is 0.0357. The van der Waals surface area contributed by atoms with E-state index in [1.807, 2.05) is 93.1 Å². The molecule has 0 unspecified atom stereocenters. The monoisotopic (exact) mass is 292 g/mol. The summed E-state index contributed by atoms with van der Waals surface area (Å²) in [6.45, 7) is 0. The molecule has 26 valence electrons. The molecule has 0 aromatic rings. The maximum absolute atomic E-state index is 2.64. The van der Waals surface area contributed by atoms with Gasteiger partial charge in [0, 0.05) is 0 Å². The van der Waals surface area contributed by atoms with Gasteiger partial charge >= 0.3 is 93.8 Å². The van der Waals surface area contributed by atoms with E-state index in [1.54, 1.807) is 0 Å². The van der Waals surface area contributed by atoms with Crippen LogP contribution in [0, 0.1) is 93.8 Å². The second-order valence-electron chi connectivity index (χ2n) is 0.189. The Balaban J connectivity index is 2.83. The number of rotatable bonds is 0. The van der Waals surface area contributed by atoms with Gasteiger partial charge in [0.15, 0.2) is 0 Å². The topological polar surface area (TPSA) is 0 Å². The van der Waals surface area contributed by atoms with Crippen molar-refractivity contribution in [1.82, 2.24) is 0 Å². The standard InChI is InChI=1S/C2H2Xe2/c3-1-2-4/h3-4H/i1+1,2+1. The van der Waals surface area contributed by atoms with Crippen LogP contribution in [-0.2, 0) is 0 Å². The minimum atomic E-state index is 1.98. The molecule has 0 radical (unpaired) electrons. The van der Waals surface area contributed by atoms with Crippen molar-refractivity contribution < 1.29 is 93.1 Å². The van der Waals surface area contributed by atoms with Crippen molar-refractivity contribution in [3.05, 3.63) is 0 Å². The van der Waals surface area contributed by atoms with E-state index in [4.69, 9.17) is 0 Å². The van der Waals surface area contributed by atoms with Crippen LogP contribution >= 0.6 is 0 Å². The van der Waals surface area contributed by atoms with Crippen molar-refractivity contribution in [3.8, 4) is 0.777 Å². The summed E-state index contributed by atoms with van der Waals surface area (Å²) in [7, 11) is 0. The summed E-state index contributed by atoms with van der Waals surface area (Å²) in [6.07, 6.45) is 0. The summed E-state index contributed by atoms with van der Waals surface area (Å²) in [6, 6.07) is 0. The van der Waals surface area contributed by atoms with Crippen molar-refractivity contribution in [2.75, 3.05) is 0 Å². The van der Waals surface area contributed by atoms with E-state index in [-0.39, 0.29) is 0 Å². The van der Waals surface area contributed by atoms with Crippen LogP contribution in [0.15, 0.2) is 0 Å². The SMILES string of the molecule is [XeH][13C]#[13C][XeH].